The summed E-state index contributed by atoms with van der Waals surface area (Å²) in [7, 11) is 0. The molecule has 0 spiro atoms. The summed E-state index contributed by atoms with van der Waals surface area (Å²) < 4.78 is 48.1. The van der Waals surface area contributed by atoms with Crippen molar-refractivity contribution in [2.75, 3.05) is 13.2 Å². The van der Waals surface area contributed by atoms with Crippen molar-refractivity contribution in [3.8, 4) is 28.1 Å². The Hall–Kier alpha value is -5.24. The van der Waals surface area contributed by atoms with Gasteiger partial charge in [0, 0.05) is 29.5 Å². The number of alkyl halides is 2. The maximum Gasteiger partial charge on any atom is 0.411 e. The number of halogens is 2. The summed E-state index contributed by atoms with van der Waals surface area (Å²) in [5, 5.41) is 2.01. The number of nitrogens with one attached hydrogen (secondary N) is 2. The lowest BCUT2D eigenvalue weighted by molar-refractivity contribution is -0.137. The Morgan fingerprint density at radius 1 is 0.929 bits per heavy atom. The molecule has 14 heteroatoms. The third-order valence-corrected chi connectivity index (χ3v) is 10.7. The number of aromatic amines is 2. The Labute approximate surface area is 323 Å². The zero-order valence-electron chi connectivity index (χ0n) is 32.7. The molecule has 2 N–H and O–H groups in total. The smallest absolute Gasteiger partial charge is 0.411 e. The molecular formula is C42H48F2N6O6. The molecular weight excluding hydrogens is 722 g/mol. The fraction of sp³-hybridized carbons (Fsp3) is 0.476. The number of carbonyl (C=O) groups excluding carboxylic acids is 2. The second kappa shape index (κ2) is 14.1. The summed E-state index contributed by atoms with van der Waals surface area (Å²) in [5.74, 6) is 1.75. The molecule has 56 heavy (non-hydrogen) atoms. The summed E-state index contributed by atoms with van der Waals surface area (Å²) in [4.78, 5) is 46.3. The van der Waals surface area contributed by atoms with Crippen molar-refractivity contribution in [3.05, 3.63) is 65.9 Å². The van der Waals surface area contributed by atoms with Gasteiger partial charge >= 0.3 is 18.8 Å². The summed E-state index contributed by atoms with van der Waals surface area (Å²) in [6.45, 7) is 10.5. The molecule has 2 amide bonds. The number of amides is 2. The highest BCUT2D eigenvalue weighted by Crippen LogP contribution is 2.44. The third-order valence-electron chi connectivity index (χ3n) is 10.7. The molecule has 3 aliphatic rings. The summed E-state index contributed by atoms with van der Waals surface area (Å²) in [5.41, 5.74) is 5.08. The maximum atomic E-state index is 13.2. The molecule has 4 atom stereocenters. The number of hydrogen-bond donors (Lipinski definition) is 2. The molecule has 296 valence electrons. The van der Waals surface area contributed by atoms with Gasteiger partial charge in [0.25, 0.3) is 0 Å². The minimum absolute atomic E-state index is 0.0353. The average Bonchev–Trinajstić information content (AvgIpc) is 3.93. The fourth-order valence-electron chi connectivity index (χ4n) is 8.20. The van der Waals surface area contributed by atoms with Crippen LogP contribution in [0.3, 0.4) is 0 Å². The van der Waals surface area contributed by atoms with Crippen LogP contribution >= 0.6 is 0 Å². The molecule has 5 heterocycles. The SMILES string of the molecule is C[C@H]1CC[C@@H](c2nc3ccc4cc5c(cc4c3[nH]2)OCc2cc(-c3cnc([C@@H]4C[C@H](COC(F)F)CN4C(=O)OC(C)(C)C)[nH]3)ccc2-5)N1C(=O)OC(C)(C)C. The van der Waals surface area contributed by atoms with E-state index in [0.717, 1.165) is 74.2 Å². The predicted octanol–water partition coefficient (Wildman–Crippen LogP) is 9.66. The van der Waals surface area contributed by atoms with Gasteiger partial charge in [0.2, 0.25) is 0 Å². The molecule has 0 unspecified atom stereocenters. The van der Waals surface area contributed by atoms with Crippen LogP contribution < -0.4 is 4.74 Å². The Kier molecular flexibility index (Phi) is 9.45. The van der Waals surface area contributed by atoms with E-state index in [1.807, 2.05) is 44.7 Å². The van der Waals surface area contributed by atoms with Gasteiger partial charge < -0.3 is 28.9 Å². The van der Waals surface area contributed by atoms with Crippen molar-refractivity contribution in [1.29, 1.82) is 0 Å². The normalized spacial score (nSPS) is 21.1. The lowest BCUT2D eigenvalue weighted by atomic mass is 9.92. The lowest BCUT2D eigenvalue weighted by Gasteiger charge is -2.30. The van der Waals surface area contributed by atoms with Crippen molar-refractivity contribution < 1.29 is 37.3 Å². The van der Waals surface area contributed by atoms with E-state index < -0.39 is 29.9 Å². The highest BCUT2D eigenvalue weighted by atomic mass is 19.3. The van der Waals surface area contributed by atoms with E-state index in [-0.39, 0.29) is 37.2 Å². The van der Waals surface area contributed by atoms with Crippen LogP contribution in [-0.4, -0.2) is 78.9 Å². The zero-order chi connectivity index (χ0) is 39.7. The van der Waals surface area contributed by atoms with Crippen LogP contribution in [-0.2, 0) is 20.8 Å². The van der Waals surface area contributed by atoms with Gasteiger partial charge in [-0.05, 0) is 114 Å². The van der Waals surface area contributed by atoms with Gasteiger partial charge in [0.05, 0.1) is 41.6 Å². The van der Waals surface area contributed by atoms with Crippen molar-refractivity contribution in [2.45, 2.75) is 110 Å². The van der Waals surface area contributed by atoms with Gasteiger partial charge in [-0.2, -0.15) is 8.78 Å². The average molecular weight is 771 g/mol. The largest absolute Gasteiger partial charge is 0.488 e. The molecule has 5 aromatic rings. The Balaban J connectivity index is 1.05. The molecule has 0 radical (unpaired) electrons. The molecule has 12 nitrogen and oxygen atoms in total. The number of ether oxygens (including phenoxy) is 4. The molecule has 0 aliphatic carbocycles. The van der Waals surface area contributed by atoms with Crippen molar-refractivity contribution in [2.24, 2.45) is 5.92 Å². The highest BCUT2D eigenvalue weighted by Gasteiger charge is 2.41. The van der Waals surface area contributed by atoms with Crippen LogP contribution in [0.15, 0.2) is 48.7 Å². The first-order chi connectivity index (χ1) is 26.5. The molecule has 2 saturated heterocycles. The number of imidazole rings is 2. The molecule has 8 rings (SSSR count). The van der Waals surface area contributed by atoms with Crippen LogP contribution in [0, 0.1) is 5.92 Å². The second-order valence-corrected chi connectivity index (χ2v) is 17.2. The first-order valence-electron chi connectivity index (χ1n) is 19.2. The van der Waals surface area contributed by atoms with Gasteiger partial charge in [-0.25, -0.2) is 19.6 Å². The number of carbonyl (C=O) groups is 2. The van der Waals surface area contributed by atoms with Gasteiger partial charge in [-0.1, -0.05) is 18.2 Å². The van der Waals surface area contributed by atoms with E-state index in [9.17, 15) is 18.4 Å². The highest BCUT2D eigenvalue weighted by molar-refractivity contribution is 6.07. The van der Waals surface area contributed by atoms with Crippen LogP contribution in [0.25, 0.3) is 44.2 Å². The number of hydrogen-bond acceptors (Lipinski definition) is 8. The minimum atomic E-state index is -2.88. The Morgan fingerprint density at radius 3 is 2.45 bits per heavy atom. The van der Waals surface area contributed by atoms with Crippen molar-refractivity contribution in [3.63, 3.8) is 0 Å². The number of likely N-dealkylation sites (tertiary alicyclic amines) is 2. The molecule has 0 bridgehead atoms. The van der Waals surface area contributed by atoms with E-state index in [2.05, 4.69) is 50.0 Å². The Morgan fingerprint density at radius 2 is 1.70 bits per heavy atom. The van der Waals surface area contributed by atoms with Crippen LogP contribution in [0.1, 0.15) is 97.0 Å². The standard InChI is InChI=1S/C42H48F2N6O6/c1-22-8-13-32(50(22)40(52)56-42(5,6)7)37-46-30-12-10-24-16-29-27-11-9-25(15-26(27)21-53-34(29)17-28(24)35(30)48-37)31-18-45-36(47-31)33-14-23(20-54-38(43)44)19-49(33)39(51)55-41(2,3)4/h9-12,15-18,22-23,32-33,38H,8,13-14,19-21H2,1-7H3,(H,45,47)(H,46,48)/t22-,23-,32-,33-/m0/s1. The van der Waals surface area contributed by atoms with Crippen LogP contribution in [0.4, 0.5) is 18.4 Å². The van der Waals surface area contributed by atoms with E-state index in [0.29, 0.717) is 18.9 Å². The molecule has 2 fully saturated rings. The quantitative estimate of drug-likeness (QED) is 0.174. The summed E-state index contributed by atoms with van der Waals surface area (Å²) in [6.07, 6.45) is 2.92. The van der Waals surface area contributed by atoms with E-state index in [1.165, 1.54) is 0 Å². The van der Waals surface area contributed by atoms with Gasteiger partial charge in [0.1, 0.15) is 35.2 Å². The first kappa shape index (κ1) is 37.7. The maximum absolute atomic E-state index is 13.2. The number of fused-ring (bicyclic) bond motifs is 6. The fourth-order valence-corrected chi connectivity index (χ4v) is 8.20. The topological polar surface area (TPSA) is 135 Å². The first-order valence-corrected chi connectivity index (χ1v) is 19.2. The number of benzene rings is 3. The molecule has 2 aromatic heterocycles. The molecule has 0 saturated carbocycles. The molecule has 3 aromatic carbocycles. The Bertz CT molecular complexity index is 2310. The lowest BCUT2D eigenvalue weighted by Crippen LogP contribution is -2.40. The summed E-state index contributed by atoms with van der Waals surface area (Å²) in [6, 6.07) is 13.8. The number of rotatable bonds is 6. The van der Waals surface area contributed by atoms with E-state index >= 15 is 0 Å². The van der Waals surface area contributed by atoms with Gasteiger partial charge in [-0.3, -0.25) is 9.80 Å². The zero-order valence-corrected chi connectivity index (χ0v) is 32.7. The van der Waals surface area contributed by atoms with Crippen LogP contribution in [0.5, 0.6) is 5.75 Å². The van der Waals surface area contributed by atoms with Crippen LogP contribution in [0.2, 0.25) is 0 Å². The second-order valence-electron chi connectivity index (χ2n) is 17.2. The number of H-pyrrole nitrogens is 2. The predicted molar refractivity (Wildman–Crippen MR) is 206 cm³/mol. The van der Waals surface area contributed by atoms with Crippen molar-refractivity contribution >= 4 is 34.0 Å². The van der Waals surface area contributed by atoms with Crippen molar-refractivity contribution in [1.82, 2.24) is 29.7 Å². The number of nitrogens with zero attached hydrogens (tertiary/aromatic N) is 4. The monoisotopic (exact) mass is 770 g/mol. The molecule has 3 aliphatic heterocycles. The van der Waals surface area contributed by atoms with Gasteiger partial charge in [0.15, 0.2) is 0 Å². The van der Waals surface area contributed by atoms with E-state index in [4.69, 9.17) is 19.2 Å². The number of aromatic nitrogens is 4. The van der Waals surface area contributed by atoms with Gasteiger partial charge in [-0.15, -0.1) is 0 Å². The summed E-state index contributed by atoms with van der Waals surface area (Å²) >= 11 is 0. The van der Waals surface area contributed by atoms with E-state index in [1.54, 1.807) is 31.9 Å². The minimum Gasteiger partial charge on any atom is -0.488 e. The third kappa shape index (κ3) is 7.38.